The van der Waals surface area contributed by atoms with Crippen LogP contribution in [0.3, 0.4) is 0 Å². The Morgan fingerprint density at radius 2 is 2.11 bits per heavy atom. The summed E-state index contributed by atoms with van der Waals surface area (Å²) in [5.74, 6) is -0.847. The second-order valence-corrected chi connectivity index (χ2v) is 4.59. The van der Waals surface area contributed by atoms with Gasteiger partial charge in [-0.25, -0.2) is 4.79 Å². The van der Waals surface area contributed by atoms with Crippen molar-refractivity contribution in [3.8, 4) is 0 Å². The standard InChI is InChI=1S/C12H11N3O3/c16-9-12(3-4-12)10(17)15(11(18)14-9)7-8-2-1-5-13-6-8/h1-2,5-6H,3-4,7H2,(H,14,16,18). The van der Waals surface area contributed by atoms with Gasteiger partial charge in [0.1, 0.15) is 5.41 Å². The maximum Gasteiger partial charge on any atom is 0.331 e. The molecular weight excluding hydrogens is 234 g/mol. The first kappa shape index (κ1) is 10.9. The molecule has 92 valence electrons. The third-order valence-corrected chi connectivity index (χ3v) is 3.37. The van der Waals surface area contributed by atoms with Crippen LogP contribution in [-0.2, 0) is 16.1 Å². The Labute approximate surface area is 103 Å². The van der Waals surface area contributed by atoms with E-state index in [0.29, 0.717) is 12.8 Å². The molecule has 1 aromatic heterocycles. The minimum absolute atomic E-state index is 0.146. The third kappa shape index (κ3) is 1.49. The van der Waals surface area contributed by atoms with Gasteiger partial charge in [-0.2, -0.15) is 0 Å². The van der Waals surface area contributed by atoms with E-state index in [9.17, 15) is 14.4 Å². The fourth-order valence-corrected chi connectivity index (χ4v) is 2.12. The summed E-state index contributed by atoms with van der Waals surface area (Å²) in [6, 6.07) is 2.87. The monoisotopic (exact) mass is 245 g/mol. The summed E-state index contributed by atoms with van der Waals surface area (Å²) in [7, 11) is 0. The first-order chi connectivity index (χ1) is 8.63. The van der Waals surface area contributed by atoms with E-state index >= 15 is 0 Å². The number of carbonyl (C=O) groups is 3. The highest BCUT2D eigenvalue weighted by atomic mass is 16.2. The quantitative estimate of drug-likeness (QED) is 0.767. The zero-order valence-electron chi connectivity index (χ0n) is 9.55. The average Bonchev–Trinajstić information content (AvgIpc) is 3.16. The zero-order valence-corrected chi connectivity index (χ0v) is 9.55. The Balaban J connectivity index is 1.85. The molecule has 18 heavy (non-hydrogen) atoms. The lowest BCUT2D eigenvalue weighted by atomic mass is 10.0. The zero-order chi connectivity index (χ0) is 12.8. The van der Waals surface area contributed by atoms with Crippen molar-refractivity contribution in [1.29, 1.82) is 0 Å². The van der Waals surface area contributed by atoms with Crippen LogP contribution in [-0.4, -0.2) is 27.7 Å². The molecule has 6 nitrogen and oxygen atoms in total. The third-order valence-electron chi connectivity index (χ3n) is 3.37. The number of amides is 4. The van der Waals surface area contributed by atoms with E-state index in [4.69, 9.17) is 0 Å². The van der Waals surface area contributed by atoms with Crippen LogP contribution >= 0.6 is 0 Å². The number of hydrogen-bond donors (Lipinski definition) is 1. The fourth-order valence-electron chi connectivity index (χ4n) is 2.12. The molecule has 0 aromatic carbocycles. The predicted octanol–water partition coefficient (Wildman–Crippen LogP) is 0.440. The number of barbiturate groups is 1. The summed E-state index contributed by atoms with van der Waals surface area (Å²) in [4.78, 5) is 40.5. The molecular formula is C12H11N3O3. The van der Waals surface area contributed by atoms with Gasteiger partial charge in [0.05, 0.1) is 6.54 Å². The molecule has 3 rings (SSSR count). The molecule has 1 aliphatic heterocycles. The van der Waals surface area contributed by atoms with E-state index in [1.165, 1.54) is 0 Å². The Morgan fingerprint density at radius 3 is 2.72 bits per heavy atom. The summed E-state index contributed by atoms with van der Waals surface area (Å²) in [6.45, 7) is 0.146. The fraction of sp³-hybridized carbons (Fsp3) is 0.333. The van der Waals surface area contributed by atoms with Crippen LogP contribution in [0.4, 0.5) is 4.79 Å². The summed E-state index contributed by atoms with van der Waals surface area (Å²) in [6.07, 6.45) is 4.26. The highest BCUT2D eigenvalue weighted by Crippen LogP contribution is 2.49. The molecule has 1 N–H and O–H groups in total. The molecule has 1 spiro atoms. The van der Waals surface area contributed by atoms with E-state index in [0.717, 1.165) is 10.5 Å². The molecule has 2 fully saturated rings. The Hall–Kier alpha value is -2.24. The minimum Gasteiger partial charge on any atom is -0.277 e. The summed E-state index contributed by atoms with van der Waals surface area (Å²) in [5, 5.41) is 2.24. The van der Waals surface area contributed by atoms with Gasteiger partial charge in [-0.15, -0.1) is 0 Å². The second-order valence-electron chi connectivity index (χ2n) is 4.59. The molecule has 0 radical (unpaired) electrons. The van der Waals surface area contributed by atoms with Gasteiger partial charge in [-0.1, -0.05) is 6.07 Å². The van der Waals surface area contributed by atoms with Crippen LogP contribution < -0.4 is 5.32 Å². The van der Waals surface area contributed by atoms with Gasteiger partial charge in [0.15, 0.2) is 0 Å². The highest BCUT2D eigenvalue weighted by Gasteiger charge is 2.62. The number of hydrogen-bond acceptors (Lipinski definition) is 4. The van der Waals surface area contributed by atoms with Crippen molar-refractivity contribution < 1.29 is 14.4 Å². The van der Waals surface area contributed by atoms with E-state index in [-0.39, 0.29) is 12.5 Å². The van der Waals surface area contributed by atoms with Crippen LogP contribution in [0.25, 0.3) is 0 Å². The summed E-state index contributed by atoms with van der Waals surface area (Å²) >= 11 is 0. The minimum atomic E-state index is -0.976. The maximum absolute atomic E-state index is 12.2. The highest BCUT2D eigenvalue weighted by molar-refractivity contribution is 6.20. The van der Waals surface area contributed by atoms with Crippen molar-refractivity contribution in [3.63, 3.8) is 0 Å². The average molecular weight is 245 g/mol. The van der Waals surface area contributed by atoms with E-state index in [1.54, 1.807) is 24.5 Å². The lowest BCUT2D eigenvalue weighted by molar-refractivity contribution is -0.145. The van der Waals surface area contributed by atoms with Gasteiger partial charge in [-0.3, -0.25) is 24.8 Å². The first-order valence-corrected chi connectivity index (χ1v) is 5.70. The molecule has 1 aliphatic carbocycles. The van der Waals surface area contributed by atoms with Crippen molar-refractivity contribution in [2.75, 3.05) is 0 Å². The van der Waals surface area contributed by atoms with Gasteiger partial charge in [0.2, 0.25) is 11.8 Å². The maximum atomic E-state index is 12.2. The lowest BCUT2D eigenvalue weighted by Gasteiger charge is -2.30. The van der Waals surface area contributed by atoms with Gasteiger partial charge in [0.25, 0.3) is 0 Å². The molecule has 6 heteroatoms. The number of nitrogens with one attached hydrogen (secondary N) is 1. The SMILES string of the molecule is O=C1NC(=O)C2(CC2)C(=O)N1Cc1cccnc1. The van der Waals surface area contributed by atoms with Gasteiger partial charge < -0.3 is 0 Å². The van der Waals surface area contributed by atoms with Crippen molar-refractivity contribution in [2.45, 2.75) is 19.4 Å². The molecule has 0 unspecified atom stereocenters. The molecule has 1 saturated heterocycles. The Bertz CT molecular complexity index is 537. The van der Waals surface area contributed by atoms with Gasteiger partial charge in [-0.05, 0) is 24.5 Å². The molecule has 1 aromatic rings. The van der Waals surface area contributed by atoms with Crippen LogP contribution in [0.2, 0.25) is 0 Å². The first-order valence-electron chi connectivity index (χ1n) is 5.70. The smallest absolute Gasteiger partial charge is 0.277 e. The molecule has 0 atom stereocenters. The van der Waals surface area contributed by atoms with Crippen LogP contribution in [0.1, 0.15) is 18.4 Å². The molecule has 4 amide bonds. The molecule has 0 bridgehead atoms. The predicted molar refractivity (Wildman–Crippen MR) is 60.0 cm³/mol. The number of aromatic nitrogens is 1. The largest absolute Gasteiger partial charge is 0.331 e. The number of carbonyl (C=O) groups excluding carboxylic acids is 3. The number of pyridine rings is 1. The lowest BCUT2D eigenvalue weighted by Crippen LogP contribution is -2.58. The Kier molecular flexibility index (Phi) is 2.19. The van der Waals surface area contributed by atoms with E-state index in [2.05, 4.69) is 10.3 Å². The van der Waals surface area contributed by atoms with Crippen LogP contribution in [0.5, 0.6) is 0 Å². The second kappa shape index (κ2) is 3.63. The van der Waals surface area contributed by atoms with E-state index in [1.807, 2.05) is 0 Å². The van der Waals surface area contributed by atoms with Gasteiger partial charge >= 0.3 is 6.03 Å². The number of rotatable bonds is 2. The van der Waals surface area contributed by atoms with E-state index < -0.39 is 17.4 Å². The Morgan fingerprint density at radius 1 is 1.33 bits per heavy atom. The van der Waals surface area contributed by atoms with Crippen molar-refractivity contribution in [3.05, 3.63) is 30.1 Å². The van der Waals surface area contributed by atoms with Crippen LogP contribution in [0, 0.1) is 5.41 Å². The number of nitrogens with zero attached hydrogens (tertiary/aromatic N) is 2. The summed E-state index contributed by atoms with van der Waals surface area (Å²) < 4.78 is 0. The number of urea groups is 1. The van der Waals surface area contributed by atoms with Crippen molar-refractivity contribution >= 4 is 17.8 Å². The van der Waals surface area contributed by atoms with Crippen molar-refractivity contribution in [1.82, 2.24) is 15.2 Å². The number of imide groups is 2. The van der Waals surface area contributed by atoms with Gasteiger partial charge in [0, 0.05) is 12.4 Å². The topological polar surface area (TPSA) is 79.4 Å². The summed E-state index contributed by atoms with van der Waals surface area (Å²) in [5.41, 5.74) is -0.220. The normalized spacial score (nSPS) is 21.1. The molecule has 1 saturated carbocycles. The van der Waals surface area contributed by atoms with Crippen LogP contribution in [0.15, 0.2) is 24.5 Å². The molecule has 2 heterocycles. The molecule has 2 aliphatic rings. The van der Waals surface area contributed by atoms with Crippen molar-refractivity contribution in [2.24, 2.45) is 5.41 Å².